The molecule has 6 nitrogen and oxygen atoms in total. The van der Waals surface area contributed by atoms with Crippen LogP contribution in [0.25, 0.3) is 0 Å². The van der Waals surface area contributed by atoms with Gasteiger partial charge in [-0.15, -0.1) is 11.8 Å². The highest BCUT2D eigenvalue weighted by molar-refractivity contribution is 8.00. The highest BCUT2D eigenvalue weighted by Gasteiger charge is 2.17. The fourth-order valence-corrected chi connectivity index (χ4v) is 4.29. The van der Waals surface area contributed by atoms with Gasteiger partial charge in [-0.3, -0.25) is 14.5 Å². The second kappa shape index (κ2) is 8.90. The van der Waals surface area contributed by atoms with Crippen LogP contribution in [0.1, 0.15) is 6.92 Å². The quantitative estimate of drug-likeness (QED) is 0.572. The van der Waals surface area contributed by atoms with Gasteiger partial charge in [0, 0.05) is 16.8 Å². The predicted molar refractivity (Wildman–Crippen MR) is 112 cm³/mol. The zero-order valence-corrected chi connectivity index (χ0v) is 16.7. The molecule has 8 heteroatoms. The molecule has 28 heavy (non-hydrogen) atoms. The van der Waals surface area contributed by atoms with Crippen molar-refractivity contribution in [3.63, 3.8) is 0 Å². The maximum absolute atomic E-state index is 12.4. The van der Waals surface area contributed by atoms with E-state index < -0.39 is 10.0 Å². The van der Waals surface area contributed by atoms with Crippen LogP contribution >= 0.6 is 11.8 Å². The summed E-state index contributed by atoms with van der Waals surface area (Å²) in [6.07, 6.45) is 2.99. The van der Waals surface area contributed by atoms with E-state index in [0.29, 0.717) is 11.4 Å². The van der Waals surface area contributed by atoms with E-state index in [-0.39, 0.29) is 16.1 Å². The number of thioether (sulfide) groups is 1. The monoisotopic (exact) mass is 413 g/mol. The average Bonchev–Trinajstić information content (AvgIpc) is 2.69. The molecule has 1 amide bonds. The van der Waals surface area contributed by atoms with Gasteiger partial charge in [0.1, 0.15) is 0 Å². The van der Waals surface area contributed by atoms with Crippen LogP contribution in [0, 0.1) is 0 Å². The lowest BCUT2D eigenvalue weighted by Gasteiger charge is -2.13. The van der Waals surface area contributed by atoms with Gasteiger partial charge in [0.25, 0.3) is 10.0 Å². The predicted octanol–water partition coefficient (Wildman–Crippen LogP) is 4.00. The number of hydrogen-bond donors (Lipinski definition) is 2. The van der Waals surface area contributed by atoms with Gasteiger partial charge in [-0.05, 0) is 55.5 Å². The normalized spacial score (nSPS) is 12.2. The Hall–Kier alpha value is -2.84. The fourth-order valence-electron chi connectivity index (χ4n) is 2.36. The van der Waals surface area contributed by atoms with Crippen LogP contribution in [0.4, 0.5) is 11.4 Å². The van der Waals surface area contributed by atoms with E-state index in [9.17, 15) is 13.2 Å². The number of sulfonamides is 1. The third kappa shape index (κ3) is 5.34. The number of nitrogens with zero attached hydrogens (tertiary/aromatic N) is 1. The van der Waals surface area contributed by atoms with Gasteiger partial charge in [0.15, 0.2) is 0 Å². The summed E-state index contributed by atoms with van der Waals surface area (Å²) in [5.74, 6) is -0.155. The highest BCUT2D eigenvalue weighted by Crippen LogP contribution is 2.24. The number of hydrogen-bond acceptors (Lipinski definition) is 5. The summed E-state index contributed by atoms with van der Waals surface area (Å²) in [5, 5.41) is 2.51. The molecule has 2 aromatic carbocycles. The molecule has 0 spiro atoms. The molecular weight excluding hydrogens is 394 g/mol. The van der Waals surface area contributed by atoms with Crippen molar-refractivity contribution >= 4 is 39.1 Å². The van der Waals surface area contributed by atoms with Gasteiger partial charge in [-0.1, -0.05) is 18.2 Å². The lowest BCUT2D eigenvalue weighted by Crippen LogP contribution is -2.22. The molecule has 0 aliphatic heterocycles. The summed E-state index contributed by atoms with van der Waals surface area (Å²) in [6, 6.07) is 18.9. The summed E-state index contributed by atoms with van der Waals surface area (Å²) in [4.78, 5) is 17.4. The maximum atomic E-state index is 12.4. The van der Waals surface area contributed by atoms with Crippen molar-refractivity contribution in [2.45, 2.75) is 22.0 Å². The van der Waals surface area contributed by atoms with Gasteiger partial charge in [-0.25, -0.2) is 8.42 Å². The minimum absolute atomic E-state index is 0.0982. The summed E-state index contributed by atoms with van der Waals surface area (Å²) >= 11 is 1.46. The summed E-state index contributed by atoms with van der Waals surface area (Å²) in [6.45, 7) is 1.82. The first-order valence-electron chi connectivity index (χ1n) is 8.49. The van der Waals surface area contributed by atoms with Crippen molar-refractivity contribution in [3.05, 3.63) is 79.1 Å². The molecule has 0 bridgehead atoms. The molecule has 3 rings (SSSR count). The number of benzene rings is 2. The Labute approximate surface area is 168 Å². The van der Waals surface area contributed by atoms with Crippen LogP contribution in [0.5, 0.6) is 0 Å². The lowest BCUT2D eigenvalue weighted by molar-refractivity contribution is -0.115. The number of pyridine rings is 1. The minimum Gasteiger partial charge on any atom is -0.325 e. The van der Waals surface area contributed by atoms with Crippen molar-refractivity contribution in [1.82, 2.24) is 4.98 Å². The van der Waals surface area contributed by atoms with Gasteiger partial charge in [0.2, 0.25) is 5.91 Å². The zero-order valence-electron chi connectivity index (χ0n) is 15.1. The van der Waals surface area contributed by atoms with E-state index in [2.05, 4.69) is 15.0 Å². The topological polar surface area (TPSA) is 88.2 Å². The molecule has 1 atom stereocenters. The number of rotatable bonds is 7. The van der Waals surface area contributed by atoms with Gasteiger partial charge in [0.05, 0.1) is 22.0 Å². The molecule has 2 N–H and O–H groups in total. The molecule has 0 radical (unpaired) electrons. The second-order valence-corrected chi connectivity index (χ2v) is 9.03. The lowest BCUT2D eigenvalue weighted by atomic mass is 10.3. The van der Waals surface area contributed by atoms with E-state index in [0.717, 1.165) is 4.90 Å². The molecule has 0 aliphatic rings. The molecule has 0 saturated heterocycles. The Kier molecular flexibility index (Phi) is 6.33. The average molecular weight is 414 g/mol. The molecule has 0 unspecified atom stereocenters. The second-order valence-electron chi connectivity index (χ2n) is 5.93. The Morgan fingerprint density at radius 2 is 1.68 bits per heavy atom. The van der Waals surface area contributed by atoms with E-state index >= 15 is 0 Å². The molecule has 1 heterocycles. The molecule has 0 fully saturated rings. The Balaban J connectivity index is 1.63. The number of carbonyl (C=O) groups is 1. The molecular formula is C20H19N3O3S2. The summed E-state index contributed by atoms with van der Waals surface area (Å²) in [5.41, 5.74) is 0.914. The Morgan fingerprint density at radius 3 is 2.32 bits per heavy atom. The van der Waals surface area contributed by atoms with E-state index in [4.69, 9.17) is 0 Å². The van der Waals surface area contributed by atoms with Crippen LogP contribution < -0.4 is 10.0 Å². The highest BCUT2D eigenvalue weighted by atomic mass is 32.2. The van der Waals surface area contributed by atoms with Gasteiger partial charge < -0.3 is 5.32 Å². The van der Waals surface area contributed by atoms with Crippen molar-refractivity contribution in [3.8, 4) is 0 Å². The van der Waals surface area contributed by atoms with E-state index in [1.807, 2.05) is 37.3 Å². The van der Waals surface area contributed by atoms with E-state index in [1.165, 1.54) is 30.1 Å². The van der Waals surface area contributed by atoms with Crippen molar-refractivity contribution in [2.75, 3.05) is 10.0 Å². The fraction of sp³-hybridized carbons (Fsp3) is 0.100. The maximum Gasteiger partial charge on any atom is 0.261 e. The Bertz CT molecular complexity index is 1030. The SMILES string of the molecule is C[C@H](Sc1ccccc1)C(=O)Nc1ccc(S(=O)(=O)Nc2cccnc2)cc1. The number of anilines is 2. The molecule has 144 valence electrons. The number of nitrogens with one attached hydrogen (secondary N) is 2. The first-order valence-corrected chi connectivity index (χ1v) is 10.9. The first-order chi connectivity index (χ1) is 13.4. The third-order valence-corrected chi connectivity index (χ3v) is 6.28. The van der Waals surface area contributed by atoms with Gasteiger partial charge in [-0.2, -0.15) is 0 Å². The van der Waals surface area contributed by atoms with Crippen molar-refractivity contribution < 1.29 is 13.2 Å². The number of aromatic nitrogens is 1. The smallest absolute Gasteiger partial charge is 0.261 e. The molecule has 1 aromatic heterocycles. The van der Waals surface area contributed by atoms with Gasteiger partial charge >= 0.3 is 0 Å². The molecule has 3 aromatic rings. The van der Waals surface area contributed by atoms with Crippen molar-refractivity contribution in [1.29, 1.82) is 0 Å². The summed E-state index contributed by atoms with van der Waals surface area (Å²) in [7, 11) is -3.72. The van der Waals surface area contributed by atoms with Crippen LogP contribution in [0.2, 0.25) is 0 Å². The number of amides is 1. The number of carbonyl (C=O) groups excluding carboxylic acids is 1. The zero-order chi connectivity index (χ0) is 20.0. The molecule has 0 saturated carbocycles. The van der Waals surface area contributed by atoms with Crippen LogP contribution in [-0.2, 0) is 14.8 Å². The Morgan fingerprint density at radius 1 is 0.964 bits per heavy atom. The third-order valence-electron chi connectivity index (χ3n) is 3.77. The minimum atomic E-state index is -3.72. The largest absolute Gasteiger partial charge is 0.325 e. The van der Waals surface area contributed by atoms with Crippen LogP contribution in [-0.4, -0.2) is 24.6 Å². The molecule has 0 aliphatic carbocycles. The van der Waals surface area contributed by atoms with Crippen LogP contribution in [0.15, 0.2) is 88.9 Å². The first kappa shape index (κ1) is 19.9. The summed E-state index contributed by atoms with van der Waals surface area (Å²) < 4.78 is 27.3. The van der Waals surface area contributed by atoms with Crippen molar-refractivity contribution in [2.24, 2.45) is 0 Å². The standard InChI is InChI=1S/C20H19N3O3S2/c1-15(27-18-7-3-2-4-8-18)20(24)22-16-9-11-19(12-10-16)28(25,26)23-17-6-5-13-21-14-17/h2-15,23H,1H3,(H,22,24)/t15-/m0/s1. The van der Waals surface area contributed by atoms with E-state index in [1.54, 1.807) is 30.5 Å². The van der Waals surface area contributed by atoms with Crippen LogP contribution in [0.3, 0.4) is 0 Å².